The zero-order valence-electron chi connectivity index (χ0n) is 15.9. The van der Waals surface area contributed by atoms with Crippen molar-refractivity contribution in [2.24, 2.45) is 5.92 Å². The van der Waals surface area contributed by atoms with E-state index in [0.717, 1.165) is 36.3 Å². The summed E-state index contributed by atoms with van der Waals surface area (Å²) in [4.78, 5) is 14.0. The summed E-state index contributed by atoms with van der Waals surface area (Å²) >= 11 is 0. The average Bonchev–Trinajstić information content (AvgIpc) is 2.57. The number of aryl methyl sites for hydroxylation is 2. The van der Waals surface area contributed by atoms with Crippen LogP contribution in [0.25, 0.3) is 0 Å². The van der Waals surface area contributed by atoms with E-state index in [1.165, 1.54) is 5.56 Å². The number of ether oxygens (including phenoxy) is 2. The molecule has 1 heterocycles. The van der Waals surface area contributed by atoms with Crippen LogP contribution in [0.2, 0.25) is 0 Å². The normalized spacial score (nSPS) is 19.5. The van der Waals surface area contributed by atoms with E-state index < -0.39 is 6.10 Å². The number of benzene rings is 1. The van der Waals surface area contributed by atoms with Crippen LogP contribution in [0.4, 0.5) is 0 Å². The predicted octanol–water partition coefficient (Wildman–Crippen LogP) is 2.63. The largest absolute Gasteiger partial charge is 0.491 e. The number of piperidine rings is 1. The minimum Gasteiger partial charge on any atom is -0.491 e. The van der Waals surface area contributed by atoms with Crippen molar-refractivity contribution < 1.29 is 19.4 Å². The van der Waals surface area contributed by atoms with E-state index in [4.69, 9.17) is 9.47 Å². The van der Waals surface area contributed by atoms with E-state index in [-0.39, 0.29) is 18.5 Å². The van der Waals surface area contributed by atoms with Gasteiger partial charge in [0, 0.05) is 13.1 Å². The molecule has 0 spiro atoms. The Bertz CT molecular complexity index is 587. The van der Waals surface area contributed by atoms with Crippen LogP contribution in [-0.2, 0) is 9.53 Å². The maximum atomic E-state index is 11.9. The zero-order chi connectivity index (χ0) is 18.4. The van der Waals surface area contributed by atoms with Gasteiger partial charge >= 0.3 is 5.97 Å². The lowest BCUT2D eigenvalue weighted by Crippen LogP contribution is -2.44. The van der Waals surface area contributed by atoms with Gasteiger partial charge in [-0.3, -0.25) is 9.69 Å². The van der Waals surface area contributed by atoms with Crippen molar-refractivity contribution in [1.29, 1.82) is 0 Å². The minimum absolute atomic E-state index is 0.0801. The van der Waals surface area contributed by atoms with Crippen molar-refractivity contribution in [2.45, 2.75) is 46.6 Å². The fourth-order valence-electron chi connectivity index (χ4n) is 3.36. The molecule has 1 fully saturated rings. The van der Waals surface area contributed by atoms with Crippen molar-refractivity contribution in [1.82, 2.24) is 4.90 Å². The van der Waals surface area contributed by atoms with E-state index in [1.807, 2.05) is 26.8 Å². The first-order valence-corrected chi connectivity index (χ1v) is 9.18. The summed E-state index contributed by atoms with van der Waals surface area (Å²) in [6, 6.07) is 4.13. The highest BCUT2D eigenvalue weighted by Crippen LogP contribution is 2.23. The van der Waals surface area contributed by atoms with E-state index >= 15 is 0 Å². The summed E-state index contributed by atoms with van der Waals surface area (Å²) in [5.41, 5.74) is 3.46. The molecule has 0 unspecified atom stereocenters. The number of aliphatic hydroxyl groups is 1. The summed E-state index contributed by atoms with van der Waals surface area (Å²) in [5.74, 6) is 0.631. The molecule has 5 heteroatoms. The summed E-state index contributed by atoms with van der Waals surface area (Å²) in [6.07, 6.45) is 1.23. The van der Waals surface area contributed by atoms with Gasteiger partial charge in [-0.25, -0.2) is 0 Å². The van der Waals surface area contributed by atoms with Gasteiger partial charge in [0.15, 0.2) is 0 Å². The summed E-state index contributed by atoms with van der Waals surface area (Å²) < 4.78 is 11.0. The summed E-state index contributed by atoms with van der Waals surface area (Å²) in [5, 5.41) is 10.3. The fourth-order valence-corrected chi connectivity index (χ4v) is 3.36. The first kappa shape index (κ1) is 19.7. The van der Waals surface area contributed by atoms with Gasteiger partial charge in [-0.15, -0.1) is 0 Å². The van der Waals surface area contributed by atoms with Crippen LogP contribution in [0, 0.1) is 26.7 Å². The molecule has 1 saturated heterocycles. The Labute approximate surface area is 150 Å². The molecule has 1 N–H and O–H groups in total. The monoisotopic (exact) mass is 349 g/mol. The van der Waals surface area contributed by atoms with Crippen LogP contribution in [0.1, 0.15) is 36.5 Å². The Hall–Kier alpha value is -1.59. The van der Waals surface area contributed by atoms with Crippen LogP contribution in [0.5, 0.6) is 5.75 Å². The third-order valence-corrected chi connectivity index (χ3v) is 4.79. The van der Waals surface area contributed by atoms with Crippen molar-refractivity contribution in [3.8, 4) is 5.75 Å². The molecule has 5 nitrogen and oxygen atoms in total. The highest BCUT2D eigenvalue weighted by atomic mass is 16.5. The Morgan fingerprint density at radius 2 is 2.12 bits per heavy atom. The quantitative estimate of drug-likeness (QED) is 0.767. The van der Waals surface area contributed by atoms with Gasteiger partial charge in [0.1, 0.15) is 18.5 Å². The van der Waals surface area contributed by atoms with Crippen LogP contribution in [0.15, 0.2) is 12.1 Å². The first-order chi connectivity index (χ1) is 11.9. The van der Waals surface area contributed by atoms with Crippen LogP contribution < -0.4 is 4.74 Å². The molecule has 0 amide bonds. The number of rotatable bonds is 7. The molecule has 0 bridgehead atoms. The molecule has 1 aromatic carbocycles. The number of aliphatic hydroxyl groups excluding tert-OH is 1. The number of likely N-dealkylation sites (tertiary alicyclic amines) is 1. The van der Waals surface area contributed by atoms with Gasteiger partial charge in [-0.1, -0.05) is 6.07 Å². The van der Waals surface area contributed by atoms with Crippen molar-refractivity contribution >= 4 is 5.97 Å². The van der Waals surface area contributed by atoms with Gasteiger partial charge in [0.25, 0.3) is 0 Å². The van der Waals surface area contributed by atoms with Crippen LogP contribution in [0.3, 0.4) is 0 Å². The van der Waals surface area contributed by atoms with Gasteiger partial charge in [0.2, 0.25) is 0 Å². The molecule has 1 aliphatic rings. The Balaban J connectivity index is 1.84. The maximum absolute atomic E-state index is 11.9. The van der Waals surface area contributed by atoms with E-state index in [1.54, 1.807) is 0 Å². The Morgan fingerprint density at radius 3 is 2.84 bits per heavy atom. The SMILES string of the molecule is CCOC(=O)[C@@H]1CCCN(C[C@@H](O)COc2cc(C)cc(C)c2C)C1. The molecular formula is C20H31NO4. The van der Waals surface area contributed by atoms with Gasteiger partial charge in [-0.05, 0) is 69.8 Å². The lowest BCUT2D eigenvalue weighted by atomic mass is 9.98. The third-order valence-electron chi connectivity index (χ3n) is 4.79. The van der Waals surface area contributed by atoms with Gasteiger partial charge in [0.05, 0.1) is 12.5 Å². The maximum Gasteiger partial charge on any atom is 0.310 e. The highest BCUT2D eigenvalue weighted by molar-refractivity contribution is 5.72. The smallest absolute Gasteiger partial charge is 0.310 e. The Morgan fingerprint density at radius 1 is 1.36 bits per heavy atom. The number of β-amino-alcohol motifs (C(OH)–C–C–N with tert-alkyl or cyclic N) is 1. The first-order valence-electron chi connectivity index (χ1n) is 9.18. The Kier molecular flexibility index (Phi) is 7.26. The van der Waals surface area contributed by atoms with E-state index in [0.29, 0.717) is 19.7 Å². The lowest BCUT2D eigenvalue weighted by Gasteiger charge is -2.32. The fraction of sp³-hybridized carbons (Fsp3) is 0.650. The lowest BCUT2D eigenvalue weighted by molar-refractivity contribution is -0.150. The molecule has 0 saturated carbocycles. The van der Waals surface area contributed by atoms with Crippen LogP contribution >= 0.6 is 0 Å². The van der Waals surface area contributed by atoms with Gasteiger partial charge in [-0.2, -0.15) is 0 Å². The number of carbonyl (C=O) groups excluding carboxylic acids is 1. The van der Waals surface area contributed by atoms with Crippen molar-refractivity contribution in [3.63, 3.8) is 0 Å². The summed E-state index contributed by atoms with van der Waals surface area (Å²) in [6.45, 7) is 10.7. The molecular weight excluding hydrogens is 318 g/mol. The number of nitrogens with zero attached hydrogens (tertiary/aromatic N) is 1. The zero-order valence-corrected chi connectivity index (χ0v) is 15.9. The van der Waals surface area contributed by atoms with Crippen molar-refractivity contribution in [3.05, 3.63) is 28.8 Å². The van der Waals surface area contributed by atoms with E-state index in [2.05, 4.69) is 17.9 Å². The molecule has 0 aliphatic carbocycles. The third kappa shape index (κ3) is 5.72. The topological polar surface area (TPSA) is 59.0 Å². The van der Waals surface area contributed by atoms with E-state index in [9.17, 15) is 9.90 Å². The molecule has 1 aliphatic heterocycles. The standard InChI is InChI=1S/C20H31NO4/c1-5-24-20(23)17-7-6-8-21(11-17)12-18(22)13-25-19-10-14(2)9-15(3)16(19)4/h9-10,17-18,22H,5-8,11-13H2,1-4H3/t17-,18-/m1/s1. The second kappa shape index (κ2) is 9.20. The second-order valence-corrected chi connectivity index (χ2v) is 7.02. The predicted molar refractivity (Wildman–Crippen MR) is 98.0 cm³/mol. The summed E-state index contributed by atoms with van der Waals surface area (Å²) in [7, 11) is 0. The van der Waals surface area contributed by atoms with Crippen molar-refractivity contribution in [2.75, 3.05) is 32.8 Å². The number of esters is 1. The minimum atomic E-state index is -0.582. The molecule has 140 valence electrons. The van der Waals surface area contributed by atoms with Crippen LogP contribution in [-0.4, -0.2) is 54.9 Å². The highest BCUT2D eigenvalue weighted by Gasteiger charge is 2.27. The molecule has 1 aromatic rings. The molecule has 2 rings (SSSR count). The number of hydrogen-bond donors (Lipinski definition) is 1. The molecule has 2 atom stereocenters. The molecule has 0 aromatic heterocycles. The number of carbonyl (C=O) groups is 1. The number of hydrogen-bond acceptors (Lipinski definition) is 5. The molecule has 25 heavy (non-hydrogen) atoms. The molecule has 0 radical (unpaired) electrons. The van der Waals surface area contributed by atoms with Gasteiger partial charge < -0.3 is 14.6 Å². The average molecular weight is 349 g/mol. The second-order valence-electron chi connectivity index (χ2n) is 7.02.